The Morgan fingerprint density at radius 1 is 1.05 bits per heavy atom. The summed E-state index contributed by atoms with van der Waals surface area (Å²) in [6, 6.07) is 22.6. The van der Waals surface area contributed by atoms with Crippen molar-refractivity contribution in [3.8, 4) is 11.3 Å². The zero-order valence-corrected chi connectivity index (χ0v) is 22.7. The van der Waals surface area contributed by atoms with Crippen molar-refractivity contribution in [3.05, 3.63) is 144 Å². The minimum absolute atomic E-state index is 0.187. The summed E-state index contributed by atoms with van der Waals surface area (Å²) < 4.78 is 22.1. The number of aromatic carboxylic acids is 1. The molecule has 2 aromatic heterocycles. The summed E-state index contributed by atoms with van der Waals surface area (Å²) in [5, 5.41) is 9.27. The van der Waals surface area contributed by atoms with Gasteiger partial charge in [0.1, 0.15) is 17.3 Å². The van der Waals surface area contributed by atoms with Gasteiger partial charge in [-0.15, -0.1) is 0 Å². The molecule has 2 aliphatic rings. The molecule has 3 aromatic carbocycles. The second-order valence-electron chi connectivity index (χ2n) is 10.2. The molecule has 1 N–H and O–H groups in total. The quantitative estimate of drug-likeness (QED) is 0.304. The van der Waals surface area contributed by atoms with Gasteiger partial charge in [0.05, 0.1) is 21.8 Å². The monoisotopic (exact) mass is 562 g/mol. The molecule has 0 amide bonds. The fourth-order valence-corrected chi connectivity index (χ4v) is 6.73. The third-order valence-electron chi connectivity index (χ3n) is 7.70. The second kappa shape index (κ2) is 9.67. The van der Waals surface area contributed by atoms with Crippen LogP contribution in [-0.2, 0) is 6.42 Å². The van der Waals surface area contributed by atoms with Gasteiger partial charge < -0.3 is 9.52 Å². The average Bonchev–Trinajstić information content (AvgIpc) is 3.56. The number of hydrogen-bond acceptors (Lipinski definition) is 5. The van der Waals surface area contributed by atoms with Crippen molar-refractivity contribution in [1.29, 1.82) is 0 Å². The van der Waals surface area contributed by atoms with Gasteiger partial charge in [-0.3, -0.25) is 9.36 Å². The number of fused-ring (bicyclic) bond motifs is 3. The fourth-order valence-electron chi connectivity index (χ4n) is 5.74. The van der Waals surface area contributed by atoms with Crippen molar-refractivity contribution in [3.63, 3.8) is 0 Å². The van der Waals surface area contributed by atoms with Crippen LogP contribution in [0, 0.1) is 12.7 Å². The Morgan fingerprint density at radius 3 is 2.63 bits per heavy atom. The van der Waals surface area contributed by atoms with E-state index in [0.717, 1.165) is 46.4 Å². The van der Waals surface area contributed by atoms with Gasteiger partial charge in [-0.25, -0.2) is 14.2 Å². The molecular weight excluding hydrogens is 539 g/mol. The van der Waals surface area contributed by atoms with E-state index in [4.69, 9.17) is 9.41 Å². The van der Waals surface area contributed by atoms with Crippen LogP contribution >= 0.6 is 11.3 Å². The molecule has 8 heteroatoms. The molecule has 7 rings (SSSR count). The van der Waals surface area contributed by atoms with Crippen molar-refractivity contribution in [1.82, 2.24) is 4.57 Å². The van der Waals surface area contributed by atoms with Gasteiger partial charge in [0.2, 0.25) is 0 Å². The smallest absolute Gasteiger partial charge is 0.335 e. The van der Waals surface area contributed by atoms with E-state index in [2.05, 4.69) is 12.1 Å². The van der Waals surface area contributed by atoms with Crippen LogP contribution in [0.1, 0.15) is 50.8 Å². The first-order valence-corrected chi connectivity index (χ1v) is 14.0. The minimum Gasteiger partial charge on any atom is -0.478 e. The number of rotatable bonds is 4. The molecule has 0 spiro atoms. The number of carboxylic acid groups (broad SMARTS) is 1. The number of aryl methyl sites for hydroxylation is 2. The average molecular weight is 563 g/mol. The minimum atomic E-state index is -0.987. The van der Waals surface area contributed by atoms with E-state index < -0.39 is 5.97 Å². The Bertz CT molecular complexity index is 2080. The second-order valence-corrected chi connectivity index (χ2v) is 11.2. The molecule has 0 saturated heterocycles. The number of nitrogens with zero attached hydrogens (tertiary/aromatic N) is 2. The Hall–Kier alpha value is -4.82. The first kappa shape index (κ1) is 25.2. The number of carbonyl (C=O) groups is 1. The highest BCUT2D eigenvalue weighted by molar-refractivity contribution is 7.07. The molecule has 3 heterocycles. The molecule has 1 aliphatic heterocycles. The molecule has 0 saturated carbocycles. The van der Waals surface area contributed by atoms with Gasteiger partial charge in [0.15, 0.2) is 4.80 Å². The van der Waals surface area contributed by atoms with Crippen molar-refractivity contribution in [2.75, 3.05) is 0 Å². The highest BCUT2D eigenvalue weighted by Gasteiger charge is 2.32. The van der Waals surface area contributed by atoms with E-state index in [0.29, 0.717) is 20.9 Å². The number of benzene rings is 3. The summed E-state index contributed by atoms with van der Waals surface area (Å²) in [4.78, 5) is 30.8. The predicted molar refractivity (Wildman–Crippen MR) is 155 cm³/mol. The number of furan rings is 1. The van der Waals surface area contributed by atoms with Gasteiger partial charge in [-0.1, -0.05) is 53.8 Å². The molecule has 0 radical (unpaired) electrons. The van der Waals surface area contributed by atoms with Gasteiger partial charge in [-0.05, 0) is 78.4 Å². The van der Waals surface area contributed by atoms with Gasteiger partial charge in [0.25, 0.3) is 5.56 Å². The van der Waals surface area contributed by atoms with E-state index in [9.17, 15) is 19.1 Å². The molecular formula is C33H23FN2O4S. The zero-order chi connectivity index (χ0) is 28.2. The number of carboxylic acids is 1. The normalized spacial score (nSPS) is 16.1. The predicted octanol–water partition coefficient (Wildman–Crippen LogP) is 5.72. The first-order chi connectivity index (χ1) is 19.9. The van der Waals surface area contributed by atoms with Crippen molar-refractivity contribution in [2.24, 2.45) is 4.99 Å². The summed E-state index contributed by atoms with van der Waals surface area (Å²) in [6.45, 7) is 1.83. The standard InChI is InChI=1S/C33H23FN2O4S/c1-18-16-21(32(38)39)9-13-24(18)27-15-12-23(40-27)17-28-31(37)36-30(20-6-10-22(34)11-7-20)26-14-8-19-4-2-3-5-25(19)29(26)35-33(36)41-28/h2-7,9-13,15-17,30H,8,14H2,1H3,(H,38,39)/b28-17-. The third kappa shape index (κ3) is 4.28. The number of thiazole rings is 1. The maximum atomic E-state index is 13.9. The summed E-state index contributed by atoms with van der Waals surface area (Å²) in [7, 11) is 0. The molecule has 202 valence electrons. The van der Waals surface area contributed by atoms with Crippen LogP contribution in [0.15, 0.2) is 98.6 Å². The Morgan fingerprint density at radius 2 is 1.85 bits per heavy atom. The number of aromatic nitrogens is 1. The topological polar surface area (TPSA) is 84.8 Å². The van der Waals surface area contributed by atoms with Crippen molar-refractivity contribution < 1.29 is 18.7 Å². The maximum Gasteiger partial charge on any atom is 0.335 e. The third-order valence-corrected chi connectivity index (χ3v) is 8.68. The van der Waals surface area contributed by atoms with Gasteiger partial charge in [0, 0.05) is 17.2 Å². The number of hydrogen-bond donors (Lipinski definition) is 1. The van der Waals surface area contributed by atoms with E-state index in [1.54, 1.807) is 47.0 Å². The number of allylic oxidation sites excluding steroid dienone is 1. The van der Waals surface area contributed by atoms with E-state index >= 15 is 0 Å². The van der Waals surface area contributed by atoms with Gasteiger partial charge >= 0.3 is 5.97 Å². The van der Waals surface area contributed by atoms with Crippen LogP contribution in [0.5, 0.6) is 0 Å². The van der Waals surface area contributed by atoms with Crippen molar-refractivity contribution >= 4 is 29.1 Å². The lowest BCUT2D eigenvalue weighted by atomic mass is 9.83. The summed E-state index contributed by atoms with van der Waals surface area (Å²) >= 11 is 1.30. The molecule has 0 fully saturated rings. The lowest BCUT2D eigenvalue weighted by Crippen LogP contribution is -2.38. The molecule has 1 aliphatic carbocycles. The van der Waals surface area contributed by atoms with Gasteiger partial charge in [-0.2, -0.15) is 0 Å². The first-order valence-electron chi connectivity index (χ1n) is 13.2. The highest BCUT2D eigenvalue weighted by Crippen LogP contribution is 2.41. The molecule has 1 unspecified atom stereocenters. The Labute approximate surface area is 237 Å². The lowest BCUT2D eigenvalue weighted by Gasteiger charge is -2.30. The van der Waals surface area contributed by atoms with Crippen molar-refractivity contribution in [2.45, 2.75) is 25.8 Å². The summed E-state index contributed by atoms with van der Waals surface area (Å²) in [6.07, 6.45) is 3.31. The van der Waals surface area contributed by atoms with Crippen LogP contribution < -0.4 is 14.9 Å². The maximum absolute atomic E-state index is 13.9. The van der Waals surface area contributed by atoms with Crippen LogP contribution in [0.4, 0.5) is 4.39 Å². The lowest BCUT2D eigenvalue weighted by molar-refractivity contribution is 0.0696. The Kier molecular flexibility index (Phi) is 5.94. The Balaban J connectivity index is 1.36. The zero-order valence-electron chi connectivity index (χ0n) is 21.9. The van der Waals surface area contributed by atoms with Crippen LogP contribution in [0.25, 0.3) is 23.1 Å². The summed E-state index contributed by atoms with van der Waals surface area (Å²) in [5.74, 6) is -0.237. The molecule has 1 atom stereocenters. The number of halogens is 1. The molecule has 5 aromatic rings. The fraction of sp³-hybridized carbons (Fsp3) is 0.121. The molecule has 6 nitrogen and oxygen atoms in total. The van der Waals surface area contributed by atoms with Crippen LogP contribution in [-0.4, -0.2) is 15.6 Å². The van der Waals surface area contributed by atoms with E-state index in [1.807, 2.05) is 25.1 Å². The molecule has 0 bridgehead atoms. The van der Waals surface area contributed by atoms with E-state index in [1.165, 1.54) is 29.0 Å². The molecule has 41 heavy (non-hydrogen) atoms. The SMILES string of the molecule is Cc1cc(C(=O)O)ccc1-c1ccc(/C=c2\sc3n(c2=O)C(c2ccc(F)cc2)C2=C(N=3)c3ccccc3CC2)o1. The van der Waals surface area contributed by atoms with E-state index in [-0.39, 0.29) is 23.0 Å². The highest BCUT2D eigenvalue weighted by atomic mass is 32.1. The van der Waals surface area contributed by atoms with Crippen LogP contribution in [0.3, 0.4) is 0 Å². The summed E-state index contributed by atoms with van der Waals surface area (Å²) in [5.41, 5.74) is 6.63. The largest absolute Gasteiger partial charge is 0.478 e. The van der Waals surface area contributed by atoms with Crippen LogP contribution in [0.2, 0.25) is 0 Å².